The molecule has 0 amide bonds. The molecule has 0 saturated heterocycles. The Morgan fingerprint density at radius 3 is 2.74 bits per heavy atom. The van der Waals surface area contributed by atoms with Crippen LogP contribution in [0.5, 0.6) is 0 Å². The fourth-order valence-electron chi connectivity index (χ4n) is 2.76. The van der Waals surface area contributed by atoms with Crippen LogP contribution in [-0.4, -0.2) is 17.0 Å². The molecule has 1 atom stereocenters. The summed E-state index contributed by atoms with van der Waals surface area (Å²) in [5, 5.41) is 3.38. The first-order valence-electron chi connectivity index (χ1n) is 6.96. The van der Waals surface area contributed by atoms with Crippen LogP contribution in [0.4, 0.5) is 0 Å². The van der Waals surface area contributed by atoms with E-state index in [9.17, 15) is 0 Å². The second kappa shape index (κ2) is 5.49. The standard InChI is InChI=1S/C16H19N3/c1-17-16(12-7-3-2-4-8-12)15-11-18-13-9-5-6-10-14(13)19-15/h5-7,9-11,16-17H,2-4,8H2,1H3. The lowest BCUT2D eigenvalue weighted by Gasteiger charge is -2.22. The molecule has 0 bridgehead atoms. The Hall–Kier alpha value is -1.74. The van der Waals surface area contributed by atoms with E-state index in [2.05, 4.69) is 16.4 Å². The summed E-state index contributed by atoms with van der Waals surface area (Å²) in [6.45, 7) is 0. The van der Waals surface area contributed by atoms with Gasteiger partial charge in [-0.1, -0.05) is 23.8 Å². The number of aromatic nitrogens is 2. The van der Waals surface area contributed by atoms with Crippen molar-refractivity contribution in [3.63, 3.8) is 0 Å². The maximum Gasteiger partial charge on any atom is 0.0890 e. The summed E-state index contributed by atoms with van der Waals surface area (Å²) < 4.78 is 0. The lowest BCUT2D eigenvalue weighted by molar-refractivity contribution is 0.583. The van der Waals surface area contributed by atoms with Crippen LogP contribution in [0.25, 0.3) is 11.0 Å². The summed E-state index contributed by atoms with van der Waals surface area (Å²) in [6, 6.07) is 8.23. The van der Waals surface area contributed by atoms with Crippen LogP contribution in [0.1, 0.15) is 37.4 Å². The number of fused-ring (bicyclic) bond motifs is 1. The second-order valence-electron chi connectivity index (χ2n) is 5.03. The Labute approximate surface area is 113 Å². The molecule has 0 fully saturated rings. The highest BCUT2D eigenvalue weighted by molar-refractivity contribution is 5.73. The molecule has 2 aromatic rings. The molecule has 1 aromatic carbocycles. The Morgan fingerprint density at radius 2 is 2.00 bits per heavy atom. The van der Waals surface area contributed by atoms with Crippen molar-refractivity contribution >= 4 is 11.0 Å². The molecule has 0 saturated carbocycles. The summed E-state index contributed by atoms with van der Waals surface area (Å²) in [6.07, 6.45) is 9.21. The van der Waals surface area contributed by atoms with Crippen LogP contribution in [0.3, 0.4) is 0 Å². The number of allylic oxidation sites excluding steroid dienone is 1. The molecular weight excluding hydrogens is 234 g/mol. The summed E-state index contributed by atoms with van der Waals surface area (Å²) in [5.41, 5.74) is 4.41. The fraction of sp³-hybridized carbons (Fsp3) is 0.375. The molecule has 1 aromatic heterocycles. The molecule has 0 spiro atoms. The number of nitrogens with zero attached hydrogens (tertiary/aromatic N) is 2. The van der Waals surface area contributed by atoms with Crippen LogP contribution in [-0.2, 0) is 0 Å². The van der Waals surface area contributed by atoms with Gasteiger partial charge in [0.05, 0.1) is 29.0 Å². The van der Waals surface area contributed by atoms with E-state index in [0.29, 0.717) is 0 Å². The Kier molecular flexibility index (Phi) is 3.56. The molecule has 1 N–H and O–H groups in total. The largest absolute Gasteiger partial charge is 0.308 e. The van der Waals surface area contributed by atoms with Gasteiger partial charge in [0, 0.05) is 0 Å². The summed E-state index contributed by atoms with van der Waals surface area (Å²) in [7, 11) is 2.00. The highest BCUT2D eigenvalue weighted by Gasteiger charge is 2.18. The predicted octanol–water partition coefficient (Wildman–Crippen LogP) is 3.39. The quantitative estimate of drug-likeness (QED) is 0.852. The zero-order valence-corrected chi connectivity index (χ0v) is 11.3. The molecular formula is C16H19N3. The number of likely N-dealkylation sites (N-methyl/N-ethyl adjacent to an activating group) is 1. The normalized spacial score (nSPS) is 17.2. The molecule has 1 unspecified atom stereocenters. The molecule has 1 heterocycles. The Bertz CT molecular complexity index is 604. The van der Waals surface area contributed by atoms with E-state index < -0.39 is 0 Å². The third-order valence-corrected chi connectivity index (χ3v) is 3.75. The van der Waals surface area contributed by atoms with Gasteiger partial charge < -0.3 is 5.32 Å². The van der Waals surface area contributed by atoms with Gasteiger partial charge in [-0.05, 0) is 44.9 Å². The van der Waals surface area contributed by atoms with E-state index in [-0.39, 0.29) is 6.04 Å². The van der Waals surface area contributed by atoms with E-state index in [4.69, 9.17) is 4.98 Å². The first-order valence-corrected chi connectivity index (χ1v) is 6.96. The third kappa shape index (κ3) is 2.51. The lowest BCUT2D eigenvalue weighted by Crippen LogP contribution is -2.21. The highest BCUT2D eigenvalue weighted by Crippen LogP contribution is 2.28. The predicted molar refractivity (Wildman–Crippen MR) is 77.9 cm³/mol. The minimum absolute atomic E-state index is 0.206. The van der Waals surface area contributed by atoms with Gasteiger partial charge >= 0.3 is 0 Å². The van der Waals surface area contributed by atoms with Crippen LogP contribution in [0.15, 0.2) is 42.1 Å². The fourth-order valence-corrected chi connectivity index (χ4v) is 2.76. The van der Waals surface area contributed by atoms with Gasteiger partial charge in [-0.25, -0.2) is 4.98 Å². The number of hydrogen-bond acceptors (Lipinski definition) is 3. The zero-order chi connectivity index (χ0) is 13.1. The number of hydrogen-bond donors (Lipinski definition) is 1. The lowest BCUT2D eigenvalue weighted by atomic mass is 9.92. The van der Waals surface area contributed by atoms with Crippen molar-refractivity contribution in [2.75, 3.05) is 7.05 Å². The molecule has 0 radical (unpaired) electrons. The second-order valence-corrected chi connectivity index (χ2v) is 5.03. The average molecular weight is 253 g/mol. The molecule has 1 aliphatic carbocycles. The van der Waals surface area contributed by atoms with E-state index in [1.165, 1.54) is 31.3 Å². The van der Waals surface area contributed by atoms with Crippen molar-refractivity contribution in [1.29, 1.82) is 0 Å². The van der Waals surface area contributed by atoms with E-state index in [1.807, 2.05) is 37.5 Å². The molecule has 3 rings (SSSR count). The SMILES string of the molecule is CNC(C1=CCCCC1)c1cnc2ccccc2n1. The van der Waals surface area contributed by atoms with Gasteiger partial charge in [0.15, 0.2) is 0 Å². The summed E-state index contributed by atoms with van der Waals surface area (Å²) in [5.74, 6) is 0. The van der Waals surface area contributed by atoms with Crippen molar-refractivity contribution in [2.24, 2.45) is 0 Å². The van der Waals surface area contributed by atoms with Gasteiger partial charge in [-0.3, -0.25) is 4.98 Å². The third-order valence-electron chi connectivity index (χ3n) is 3.75. The van der Waals surface area contributed by atoms with Crippen LogP contribution < -0.4 is 5.32 Å². The molecule has 19 heavy (non-hydrogen) atoms. The molecule has 1 aliphatic rings. The number of benzene rings is 1. The molecule has 0 aliphatic heterocycles. The maximum atomic E-state index is 4.76. The smallest absolute Gasteiger partial charge is 0.0890 e. The molecule has 3 nitrogen and oxygen atoms in total. The van der Waals surface area contributed by atoms with Crippen molar-refractivity contribution < 1.29 is 0 Å². The first-order chi connectivity index (χ1) is 9.38. The zero-order valence-electron chi connectivity index (χ0n) is 11.3. The highest BCUT2D eigenvalue weighted by atomic mass is 14.9. The monoisotopic (exact) mass is 253 g/mol. The average Bonchev–Trinajstić information content (AvgIpc) is 2.49. The van der Waals surface area contributed by atoms with Gasteiger partial charge in [0.2, 0.25) is 0 Å². The van der Waals surface area contributed by atoms with Crippen molar-refractivity contribution in [3.8, 4) is 0 Å². The topological polar surface area (TPSA) is 37.8 Å². The van der Waals surface area contributed by atoms with Crippen LogP contribution >= 0.6 is 0 Å². The minimum Gasteiger partial charge on any atom is -0.308 e. The number of para-hydroxylation sites is 2. The molecule has 3 heteroatoms. The Balaban J connectivity index is 1.98. The maximum absolute atomic E-state index is 4.76. The Morgan fingerprint density at radius 1 is 1.16 bits per heavy atom. The van der Waals surface area contributed by atoms with Crippen molar-refractivity contribution in [2.45, 2.75) is 31.7 Å². The first kappa shape index (κ1) is 12.3. The van der Waals surface area contributed by atoms with Crippen LogP contribution in [0.2, 0.25) is 0 Å². The number of nitrogens with one attached hydrogen (secondary N) is 1. The van der Waals surface area contributed by atoms with Gasteiger partial charge in [0.1, 0.15) is 0 Å². The van der Waals surface area contributed by atoms with E-state index >= 15 is 0 Å². The summed E-state index contributed by atoms with van der Waals surface area (Å²) >= 11 is 0. The van der Waals surface area contributed by atoms with Crippen molar-refractivity contribution in [1.82, 2.24) is 15.3 Å². The van der Waals surface area contributed by atoms with Crippen molar-refractivity contribution in [3.05, 3.63) is 47.8 Å². The minimum atomic E-state index is 0.206. The molecule has 98 valence electrons. The summed E-state index contributed by atoms with van der Waals surface area (Å²) in [4.78, 5) is 9.27. The van der Waals surface area contributed by atoms with Gasteiger partial charge in [-0.15, -0.1) is 0 Å². The van der Waals surface area contributed by atoms with Crippen LogP contribution in [0, 0.1) is 0 Å². The van der Waals surface area contributed by atoms with E-state index in [0.717, 1.165) is 16.7 Å². The van der Waals surface area contributed by atoms with Gasteiger partial charge in [0.25, 0.3) is 0 Å². The van der Waals surface area contributed by atoms with E-state index in [1.54, 1.807) is 0 Å². The number of rotatable bonds is 3. The van der Waals surface area contributed by atoms with Gasteiger partial charge in [-0.2, -0.15) is 0 Å².